The summed E-state index contributed by atoms with van der Waals surface area (Å²) in [7, 11) is 0. The molecule has 4 N–H and O–H groups in total. The molecule has 0 saturated carbocycles. The highest BCUT2D eigenvalue weighted by Gasteiger charge is 2.11. The van der Waals surface area contributed by atoms with Gasteiger partial charge in [0.1, 0.15) is 23.8 Å². The second-order valence-electron chi connectivity index (χ2n) is 3.30. The lowest BCUT2D eigenvalue weighted by Crippen LogP contribution is -2.09. The van der Waals surface area contributed by atoms with Crippen molar-refractivity contribution < 1.29 is 8.78 Å². The highest BCUT2D eigenvalue weighted by molar-refractivity contribution is 6.33. The average Bonchev–Trinajstić information content (AvgIpc) is 2.34. The van der Waals surface area contributed by atoms with Crippen LogP contribution in [-0.4, -0.2) is 9.97 Å². The van der Waals surface area contributed by atoms with E-state index < -0.39 is 11.6 Å². The number of rotatable bonds is 3. The molecular weight excluding hydrogens is 264 g/mol. The van der Waals surface area contributed by atoms with Crippen molar-refractivity contribution in [1.82, 2.24) is 9.97 Å². The van der Waals surface area contributed by atoms with Gasteiger partial charge in [0.15, 0.2) is 5.82 Å². The molecule has 0 fully saturated rings. The smallest absolute Gasteiger partial charge is 0.151 e. The van der Waals surface area contributed by atoms with Crippen molar-refractivity contribution in [2.75, 3.05) is 10.7 Å². The van der Waals surface area contributed by atoms with Crippen molar-refractivity contribution in [3.8, 4) is 0 Å². The van der Waals surface area contributed by atoms with Crippen LogP contribution in [-0.2, 0) is 0 Å². The molecule has 0 saturated heterocycles. The third kappa shape index (κ3) is 2.63. The predicted octanol–water partition coefficient (Wildman–Crippen LogP) is 2.44. The van der Waals surface area contributed by atoms with Crippen molar-refractivity contribution in [1.29, 1.82) is 0 Å². The van der Waals surface area contributed by atoms with Crippen LogP contribution in [0.15, 0.2) is 24.5 Å². The lowest BCUT2D eigenvalue weighted by Gasteiger charge is -2.09. The Balaban J connectivity index is 2.33. The van der Waals surface area contributed by atoms with Crippen LogP contribution in [0.1, 0.15) is 0 Å². The van der Waals surface area contributed by atoms with Gasteiger partial charge in [0.2, 0.25) is 0 Å². The highest BCUT2D eigenvalue weighted by Crippen LogP contribution is 2.28. The van der Waals surface area contributed by atoms with Crippen molar-refractivity contribution >= 4 is 28.9 Å². The molecule has 0 aliphatic rings. The zero-order valence-electron chi connectivity index (χ0n) is 8.92. The van der Waals surface area contributed by atoms with Crippen LogP contribution in [0.25, 0.3) is 0 Å². The van der Waals surface area contributed by atoms with E-state index in [0.29, 0.717) is 5.82 Å². The van der Waals surface area contributed by atoms with E-state index in [9.17, 15) is 8.78 Å². The van der Waals surface area contributed by atoms with Gasteiger partial charge in [-0.3, -0.25) is 0 Å². The molecular formula is C10H8ClF2N5. The Kier molecular flexibility index (Phi) is 3.54. The molecule has 0 spiro atoms. The number of benzene rings is 1. The number of hydrazine groups is 1. The van der Waals surface area contributed by atoms with E-state index in [1.54, 1.807) is 0 Å². The zero-order chi connectivity index (χ0) is 13.1. The van der Waals surface area contributed by atoms with Gasteiger partial charge in [-0.1, -0.05) is 11.6 Å². The SMILES string of the molecule is NNc1cc(Nc2c(F)cc(F)cc2Cl)ncn1. The summed E-state index contributed by atoms with van der Waals surface area (Å²) in [4.78, 5) is 7.63. The summed E-state index contributed by atoms with van der Waals surface area (Å²) >= 11 is 5.73. The maximum atomic E-state index is 13.5. The Morgan fingerprint density at radius 2 is 1.83 bits per heavy atom. The Morgan fingerprint density at radius 1 is 1.11 bits per heavy atom. The molecule has 1 aromatic heterocycles. The number of nitrogen functional groups attached to an aromatic ring is 1. The lowest BCUT2D eigenvalue weighted by molar-refractivity contribution is 0.586. The van der Waals surface area contributed by atoms with E-state index in [1.165, 1.54) is 12.4 Å². The average molecular weight is 272 g/mol. The van der Waals surface area contributed by atoms with Crippen LogP contribution in [0, 0.1) is 11.6 Å². The van der Waals surface area contributed by atoms with Gasteiger partial charge in [0.25, 0.3) is 0 Å². The second kappa shape index (κ2) is 5.11. The molecule has 0 unspecified atom stereocenters. The summed E-state index contributed by atoms with van der Waals surface area (Å²) in [6.45, 7) is 0. The largest absolute Gasteiger partial charge is 0.336 e. The van der Waals surface area contributed by atoms with Crippen molar-refractivity contribution in [3.63, 3.8) is 0 Å². The Labute approximate surface area is 106 Å². The molecule has 2 aromatic rings. The van der Waals surface area contributed by atoms with E-state index in [-0.39, 0.29) is 16.5 Å². The minimum atomic E-state index is -0.819. The Bertz CT molecular complexity index is 555. The molecule has 0 atom stereocenters. The first-order valence-electron chi connectivity index (χ1n) is 4.80. The fourth-order valence-corrected chi connectivity index (χ4v) is 1.54. The number of anilines is 3. The number of hydrogen-bond acceptors (Lipinski definition) is 5. The molecule has 2 rings (SSSR count). The van der Waals surface area contributed by atoms with Crippen LogP contribution in [0.5, 0.6) is 0 Å². The third-order valence-electron chi connectivity index (χ3n) is 2.07. The second-order valence-corrected chi connectivity index (χ2v) is 3.71. The summed E-state index contributed by atoms with van der Waals surface area (Å²) in [5.74, 6) is 4.21. The molecule has 5 nitrogen and oxygen atoms in total. The van der Waals surface area contributed by atoms with Crippen molar-refractivity contribution in [2.45, 2.75) is 0 Å². The third-order valence-corrected chi connectivity index (χ3v) is 2.37. The standard InChI is InChI=1S/C10H8ClF2N5/c11-6-1-5(12)2-7(13)10(6)17-8-3-9(18-14)16-4-15-8/h1-4H,14H2,(H2,15,16,17,18). The molecule has 0 amide bonds. The molecule has 1 aromatic carbocycles. The maximum Gasteiger partial charge on any atom is 0.151 e. The number of nitrogens with zero attached hydrogens (tertiary/aromatic N) is 2. The van der Waals surface area contributed by atoms with Gasteiger partial charge in [-0.15, -0.1) is 0 Å². The number of nitrogens with one attached hydrogen (secondary N) is 2. The van der Waals surface area contributed by atoms with Gasteiger partial charge in [0.05, 0.1) is 10.7 Å². The predicted molar refractivity (Wildman–Crippen MR) is 64.5 cm³/mol. The first-order chi connectivity index (χ1) is 8.60. The molecule has 0 aliphatic heterocycles. The molecule has 1 heterocycles. The van der Waals surface area contributed by atoms with Crippen LogP contribution < -0.4 is 16.6 Å². The fraction of sp³-hybridized carbons (Fsp3) is 0. The first kappa shape index (κ1) is 12.5. The topological polar surface area (TPSA) is 75.9 Å². The molecule has 0 radical (unpaired) electrons. The number of hydrogen-bond donors (Lipinski definition) is 3. The first-order valence-corrected chi connectivity index (χ1v) is 5.18. The van der Waals surface area contributed by atoms with Crippen LogP contribution in [0.2, 0.25) is 5.02 Å². The Hall–Kier alpha value is -1.99. The highest BCUT2D eigenvalue weighted by atomic mass is 35.5. The number of halogens is 3. The van der Waals surface area contributed by atoms with Gasteiger partial charge < -0.3 is 10.7 Å². The van der Waals surface area contributed by atoms with Crippen molar-refractivity contribution in [3.05, 3.63) is 41.2 Å². The van der Waals surface area contributed by atoms with Crippen LogP contribution in [0.4, 0.5) is 26.1 Å². The van der Waals surface area contributed by atoms with Crippen molar-refractivity contribution in [2.24, 2.45) is 5.84 Å². The van der Waals surface area contributed by atoms with Gasteiger partial charge in [-0.2, -0.15) is 0 Å². The summed E-state index contributed by atoms with van der Waals surface area (Å²) in [6, 6.07) is 3.16. The van der Waals surface area contributed by atoms with E-state index in [0.717, 1.165) is 12.1 Å². The summed E-state index contributed by atoms with van der Waals surface area (Å²) in [5.41, 5.74) is 2.24. The quantitative estimate of drug-likeness (QED) is 0.590. The van der Waals surface area contributed by atoms with Gasteiger partial charge in [-0.25, -0.2) is 24.6 Å². The zero-order valence-corrected chi connectivity index (χ0v) is 9.67. The fourth-order valence-electron chi connectivity index (χ4n) is 1.29. The number of nitrogens with two attached hydrogens (primary N) is 1. The number of aromatic nitrogens is 2. The van der Waals surface area contributed by atoms with E-state index in [1.807, 2.05) is 0 Å². The van der Waals surface area contributed by atoms with Gasteiger partial charge in [-0.05, 0) is 6.07 Å². The summed E-state index contributed by atoms with van der Waals surface area (Å²) in [6.07, 6.45) is 1.23. The normalized spacial score (nSPS) is 10.2. The molecule has 8 heteroatoms. The summed E-state index contributed by atoms with van der Waals surface area (Å²) in [5, 5.41) is 2.53. The van der Waals surface area contributed by atoms with E-state index in [2.05, 4.69) is 20.7 Å². The lowest BCUT2D eigenvalue weighted by atomic mass is 10.3. The Morgan fingerprint density at radius 3 is 2.50 bits per heavy atom. The van der Waals surface area contributed by atoms with Gasteiger partial charge in [0, 0.05) is 12.1 Å². The van der Waals surface area contributed by atoms with E-state index in [4.69, 9.17) is 17.4 Å². The molecule has 0 aliphatic carbocycles. The molecule has 94 valence electrons. The minimum absolute atomic E-state index is 0.0697. The molecule has 0 bridgehead atoms. The summed E-state index contributed by atoms with van der Waals surface area (Å²) < 4.78 is 26.4. The monoisotopic (exact) mass is 271 g/mol. The van der Waals surface area contributed by atoms with E-state index >= 15 is 0 Å². The molecule has 18 heavy (non-hydrogen) atoms. The maximum absolute atomic E-state index is 13.5. The van der Waals surface area contributed by atoms with Crippen LogP contribution >= 0.6 is 11.6 Å². The minimum Gasteiger partial charge on any atom is -0.336 e. The van der Waals surface area contributed by atoms with Gasteiger partial charge >= 0.3 is 0 Å². The van der Waals surface area contributed by atoms with Crippen LogP contribution in [0.3, 0.4) is 0 Å².